The second kappa shape index (κ2) is 6.03. The monoisotopic (exact) mass is 357 g/mol. The van der Waals surface area contributed by atoms with Crippen LogP contribution in [0.15, 0.2) is 17.3 Å². The number of likely N-dealkylation sites (tertiary alicyclic amines) is 1. The van der Waals surface area contributed by atoms with E-state index >= 15 is 0 Å². The van der Waals surface area contributed by atoms with Crippen molar-refractivity contribution >= 4 is 23.8 Å². The highest BCUT2D eigenvalue weighted by Gasteiger charge is 2.65. The van der Waals surface area contributed by atoms with Crippen molar-refractivity contribution in [3.8, 4) is 0 Å². The van der Waals surface area contributed by atoms with Gasteiger partial charge >= 0.3 is 0 Å². The van der Waals surface area contributed by atoms with Gasteiger partial charge in [-0.05, 0) is 18.9 Å². The van der Waals surface area contributed by atoms with E-state index in [4.69, 9.17) is 0 Å². The molecule has 4 atom stereocenters. The van der Waals surface area contributed by atoms with E-state index in [1.54, 1.807) is 11.2 Å². The molecule has 4 aliphatic rings. The Hall–Kier alpha value is -1.98. The lowest BCUT2D eigenvalue weighted by molar-refractivity contribution is -0.147. The van der Waals surface area contributed by atoms with Gasteiger partial charge in [0.2, 0.25) is 11.8 Å². The summed E-state index contributed by atoms with van der Waals surface area (Å²) in [7, 11) is 0. The average molecular weight is 357 g/mol. The molecule has 0 unspecified atom stereocenters. The number of hydrazone groups is 1. The number of Topliss-reactive ketones (excluding diaryl/α,β-unsaturated/α-hetero) is 1. The van der Waals surface area contributed by atoms with Crippen LogP contribution in [0, 0.1) is 17.3 Å². The van der Waals surface area contributed by atoms with Gasteiger partial charge in [-0.1, -0.05) is 46.1 Å². The van der Waals surface area contributed by atoms with Crippen LogP contribution in [0.2, 0.25) is 0 Å². The highest BCUT2D eigenvalue weighted by molar-refractivity contribution is 6.10. The number of hydrogen-bond donors (Lipinski definition) is 0. The van der Waals surface area contributed by atoms with Crippen LogP contribution in [0.4, 0.5) is 0 Å². The molecule has 1 aliphatic carbocycles. The summed E-state index contributed by atoms with van der Waals surface area (Å²) >= 11 is 0. The lowest BCUT2D eigenvalue weighted by atomic mass is 9.80. The third-order valence-corrected chi connectivity index (χ3v) is 6.27. The molecule has 3 aliphatic heterocycles. The minimum absolute atomic E-state index is 0.00394. The lowest BCUT2D eigenvalue weighted by Crippen LogP contribution is -2.50. The predicted octanol–water partition coefficient (Wildman–Crippen LogP) is 2.14. The maximum absolute atomic E-state index is 13.3. The Morgan fingerprint density at radius 2 is 1.73 bits per heavy atom. The van der Waals surface area contributed by atoms with Gasteiger partial charge in [-0.15, -0.1) is 0 Å². The molecule has 0 aromatic heterocycles. The van der Waals surface area contributed by atoms with Crippen molar-refractivity contribution in [3.63, 3.8) is 0 Å². The normalized spacial score (nSPS) is 34.4. The van der Waals surface area contributed by atoms with Crippen molar-refractivity contribution in [1.29, 1.82) is 0 Å². The number of imide groups is 1. The molecule has 1 saturated carbocycles. The van der Waals surface area contributed by atoms with Gasteiger partial charge in [-0.3, -0.25) is 24.3 Å². The Balaban J connectivity index is 1.72. The summed E-state index contributed by atoms with van der Waals surface area (Å²) in [4.78, 5) is 41.3. The van der Waals surface area contributed by atoms with Crippen LogP contribution in [0.1, 0.15) is 52.9 Å². The average Bonchev–Trinajstić information content (AvgIpc) is 3.08. The summed E-state index contributed by atoms with van der Waals surface area (Å²) in [5.74, 6) is -1.38. The Bertz CT molecular complexity index is 700. The smallest absolute Gasteiger partial charge is 0.236 e. The van der Waals surface area contributed by atoms with Gasteiger partial charge in [-0.2, -0.15) is 5.10 Å². The van der Waals surface area contributed by atoms with Gasteiger partial charge in [-0.25, -0.2) is 0 Å². The van der Waals surface area contributed by atoms with Crippen molar-refractivity contribution in [2.24, 2.45) is 22.4 Å². The fourth-order valence-corrected chi connectivity index (χ4v) is 5.00. The zero-order valence-corrected chi connectivity index (χ0v) is 15.7. The minimum Gasteiger partial charge on any atom is -0.297 e. The van der Waals surface area contributed by atoms with E-state index in [-0.39, 0.29) is 29.7 Å². The largest absolute Gasteiger partial charge is 0.297 e. The molecular weight excluding hydrogens is 330 g/mol. The topological polar surface area (TPSA) is 70.0 Å². The molecule has 0 N–H and O–H groups in total. The van der Waals surface area contributed by atoms with Crippen molar-refractivity contribution < 1.29 is 14.4 Å². The van der Waals surface area contributed by atoms with Gasteiger partial charge in [0.15, 0.2) is 5.78 Å². The van der Waals surface area contributed by atoms with E-state index in [0.29, 0.717) is 0 Å². The molecule has 6 heteroatoms. The lowest BCUT2D eigenvalue weighted by Gasteiger charge is -2.35. The molecule has 0 bridgehead atoms. The van der Waals surface area contributed by atoms with E-state index in [1.807, 2.05) is 32.9 Å². The summed E-state index contributed by atoms with van der Waals surface area (Å²) in [6.45, 7) is 5.59. The SMILES string of the molecule is CC(C)(C)C(=O)[C@@H]1[C@@H]2C(=O)N(C3CCCCC3)C(=O)[C@@H]2[C@H]2C=CC=NN21. The molecular formula is C20H27N3O3. The third kappa shape index (κ3) is 2.45. The molecule has 0 aromatic carbocycles. The number of ketones is 1. The molecule has 26 heavy (non-hydrogen) atoms. The quantitative estimate of drug-likeness (QED) is 0.710. The number of allylic oxidation sites excluding steroid dienone is 1. The predicted molar refractivity (Wildman–Crippen MR) is 97.2 cm³/mol. The van der Waals surface area contributed by atoms with Crippen LogP contribution in [0.5, 0.6) is 0 Å². The van der Waals surface area contributed by atoms with Crippen LogP contribution >= 0.6 is 0 Å². The Kier molecular flexibility index (Phi) is 4.04. The first kappa shape index (κ1) is 17.4. The first-order valence-electron chi connectivity index (χ1n) is 9.72. The van der Waals surface area contributed by atoms with Crippen LogP contribution in [0.25, 0.3) is 0 Å². The van der Waals surface area contributed by atoms with Crippen LogP contribution in [-0.2, 0) is 14.4 Å². The number of nitrogens with zero attached hydrogens (tertiary/aromatic N) is 3. The maximum atomic E-state index is 13.3. The van der Waals surface area contributed by atoms with Crippen molar-refractivity contribution in [1.82, 2.24) is 9.91 Å². The number of amides is 2. The fraction of sp³-hybridized carbons (Fsp3) is 0.700. The number of hydrogen-bond acceptors (Lipinski definition) is 5. The molecule has 4 rings (SSSR count). The number of carbonyl (C=O) groups is 3. The van der Waals surface area contributed by atoms with Crippen LogP contribution in [-0.4, -0.2) is 51.8 Å². The first-order chi connectivity index (χ1) is 12.3. The molecule has 2 amide bonds. The van der Waals surface area contributed by atoms with Gasteiger partial charge in [0, 0.05) is 17.7 Å². The third-order valence-electron chi connectivity index (χ3n) is 6.27. The summed E-state index contributed by atoms with van der Waals surface area (Å²) < 4.78 is 0. The Labute approximate surface area is 154 Å². The Morgan fingerprint density at radius 1 is 1.08 bits per heavy atom. The summed E-state index contributed by atoms with van der Waals surface area (Å²) in [6.07, 6.45) is 10.4. The standard InChI is InChI=1S/C20H27N3O3/c1-20(2,3)17(24)16-15-14(13-10-7-11-21-23(13)16)18(25)22(19(15)26)12-8-5-4-6-9-12/h7,10-16H,4-6,8-9H2,1-3H3/t13-,14-,15-,16+/m1/s1. The highest BCUT2D eigenvalue weighted by Crippen LogP contribution is 2.47. The summed E-state index contributed by atoms with van der Waals surface area (Å²) in [6, 6.07) is -0.952. The second-order valence-electron chi connectivity index (χ2n) is 8.97. The molecule has 0 aromatic rings. The molecule has 2 saturated heterocycles. The van der Waals surface area contributed by atoms with Gasteiger partial charge in [0.25, 0.3) is 0 Å². The van der Waals surface area contributed by atoms with E-state index in [2.05, 4.69) is 5.10 Å². The molecule has 3 fully saturated rings. The summed E-state index contributed by atoms with van der Waals surface area (Å²) in [5, 5.41) is 6.08. The van der Waals surface area contributed by atoms with Gasteiger partial charge in [0.05, 0.1) is 17.9 Å². The number of rotatable bonds is 2. The fourth-order valence-electron chi connectivity index (χ4n) is 5.00. The minimum atomic E-state index is -0.656. The molecule has 0 radical (unpaired) electrons. The highest BCUT2D eigenvalue weighted by atomic mass is 16.2. The molecule has 6 nitrogen and oxygen atoms in total. The van der Waals surface area contributed by atoms with Crippen LogP contribution in [0.3, 0.4) is 0 Å². The number of carbonyl (C=O) groups excluding carboxylic acids is 3. The van der Waals surface area contributed by atoms with E-state index in [0.717, 1.165) is 25.7 Å². The van der Waals surface area contributed by atoms with Gasteiger partial charge < -0.3 is 0 Å². The zero-order valence-electron chi connectivity index (χ0n) is 15.7. The molecule has 140 valence electrons. The maximum Gasteiger partial charge on any atom is 0.236 e. The van der Waals surface area contributed by atoms with Crippen molar-refractivity contribution in [2.75, 3.05) is 0 Å². The Morgan fingerprint density at radius 3 is 2.38 bits per heavy atom. The zero-order chi connectivity index (χ0) is 18.6. The first-order valence-corrected chi connectivity index (χ1v) is 9.72. The van der Waals surface area contributed by atoms with E-state index in [1.165, 1.54) is 11.3 Å². The van der Waals surface area contributed by atoms with Crippen LogP contribution < -0.4 is 0 Å². The summed E-state index contributed by atoms with van der Waals surface area (Å²) in [5.41, 5.74) is -0.595. The van der Waals surface area contributed by atoms with E-state index < -0.39 is 23.3 Å². The van der Waals surface area contributed by atoms with Crippen molar-refractivity contribution in [3.05, 3.63) is 12.2 Å². The van der Waals surface area contributed by atoms with Crippen molar-refractivity contribution in [2.45, 2.75) is 71.0 Å². The van der Waals surface area contributed by atoms with E-state index in [9.17, 15) is 14.4 Å². The number of fused-ring (bicyclic) bond motifs is 3. The molecule has 0 spiro atoms. The second-order valence-corrected chi connectivity index (χ2v) is 8.97. The molecule has 3 heterocycles. The van der Waals surface area contributed by atoms with Gasteiger partial charge in [0.1, 0.15) is 6.04 Å².